The third-order valence-electron chi connectivity index (χ3n) is 2.92. The summed E-state index contributed by atoms with van der Waals surface area (Å²) in [5, 5.41) is 20.3. The number of benzene rings is 1. The van der Waals surface area contributed by atoms with Crippen molar-refractivity contribution in [1.29, 1.82) is 0 Å². The normalized spacial score (nSPS) is 10.2. The van der Waals surface area contributed by atoms with Gasteiger partial charge in [0.15, 0.2) is 0 Å². The quantitative estimate of drug-likeness (QED) is 0.606. The van der Waals surface area contributed by atoms with Gasteiger partial charge in [0.1, 0.15) is 5.69 Å². The molecule has 0 amide bonds. The molecule has 104 valence electrons. The topological polar surface area (TPSA) is 83.7 Å². The Morgan fingerprint density at radius 3 is 2.58 bits per heavy atom. The first-order chi connectivity index (χ1) is 9.02. The molecular formula is C13H18N2O4. The molecule has 0 unspecified atom stereocenters. The van der Waals surface area contributed by atoms with Crippen molar-refractivity contribution in [2.24, 2.45) is 0 Å². The number of carboxylic acids is 1. The van der Waals surface area contributed by atoms with Crippen molar-refractivity contribution in [2.75, 3.05) is 18.0 Å². The van der Waals surface area contributed by atoms with Crippen LogP contribution in [-0.2, 0) is 0 Å². The average molecular weight is 266 g/mol. The maximum atomic E-state index is 11.2. The molecule has 0 aliphatic rings. The van der Waals surface area contributed by atoms with Crippen molar-refractivity contribution in [2.45, 2.75) is 26.7 Å². The maximum absolute atomic E-state index is 11.2. The van der Waals surface area contributed by atoms with Crippen LogP contribution in [-0.4, -0.2) is 29.1 Å². The second-order valence-corrected chi connectivity index (χ2v) is 4.17. The molecule has 0 aliphatic carbocycles. The number of carboxylic acid groups (broad SMARTS) is 1. The first-order valence-corrected chi connectivity index (χ1v) is 6.28. The van der Waals surface area contributed by atoms with Gasteiger partial charge in [-0.05, 0) is 19.4 Å². The van der Waals surface area contributed by atoms with Crippen LogP contribution < -0.4 is 4.90 Å². The Bertz CT molecular complexity index is 441. The van der Waals surface area contributed by atoms with Crippen LogP contribution in [0.4, 0.5) is 11.4 Å². The Balaban J connectivity index is 3.33. The summed E-state index contributed by atoms with van der Waals surface area (Å²) in [6.45, 7) is 5.02. The average Bonchev–Trinajstić information content (AvgIpc) is 2.39. The highest BCUT2D eigenvalue weighted by molar-refractivity contribution is 5.97. The number of aromatic carboxylic acids is 1. The van der Waals surface area contributed by atoms with Crippen LogP contribution in [0.2, 0.25) is 0 Å². The lowest BCUT2D eigenvalue weighted by Crippen LogP contribution is -2.26. The van der Waals surface area contributed by atoms with Gasteiger partial charge in [0, 0.05) is 19.2 Å². The maximum Gasteiger partial charge on any atom is 0.338 e. The number of anilines is 1. The van der Waals surface area contributed by atoms with E-state index in [2.05, 4.69) is 0 Å². The Kier molecular flexibility index (Phi) is 5.29. The molecule has 1 aromatic rings. The fourth-order valence-corrected chi connectivity index (χ4v) is 1.96. The molecule has 0 saturated carbocycles. The van der Waals surface area contributed by atoms with Crippen molar-refractivity contribution in [1.82, 2.24) is 0 Å². The number of para-hydroxylation sites is 1. The fourth-order valence-electron chi connectivity index (χ4n) is 1.96. The number of carbonyl (C=O) groups is 1. The minimum absolute atomic E-state index is 0.0212. The van der Waals surface area contributed by atoms with Gasteiger partial charge in [-0.15, -0.1) is 0 Å². The first-order valence-electron chi connectivity index (χ1n) is 6.28. The lowest BCUT2D eigenvalue weighted by atomic mass is 10.1. The van der Waals surface area contributed by atoms with E-state index < -0.39 is 10.9 Å². The van der Waals surface area contributed by atoms with Crippen LogP contribution in [0.15, 0.2) is 18.2 Å². The Labute approximate surface area is 111 Å². The molecule has 0 radical (unpaired) electrons. The molecule has 19 heavy (non-hydrogen) atoms. The van der Waals surface area contributed by atoms with Crippen molar-refractivity contribution >= 4 is 17.3 Å². The van der Waals surface area contributed by atoms with Gasteiger partial charge in [0.05, 0.1) is 10.5 Å². The van der Waals surface area contributed by atoms with Crippen molar-refractivity contribution < 1.29 is 14.8 Å². The number of nitrogens with zero attached hydrogens (tertiary/aromatic N) is 2. The minimum atomic E-state index is -1.14. The summed E-state index contributed by atoms with van der Waals surface area (Å²) in [5.74, 6) is -1.14. The van der Waals surface area contributed by atoms with Crippen LogP contribution in [0, 0.1) is 10.1 Å². The summed E-state index contributed by atoms with van der Waals surface area (Å²) in [7, 11) is 0. The van der Waals surface area contributed by atoms with Crippen LogP contribution in [0.5, 0.6) is 0 Å². The highest BCUT2D eigenvalue weighted by Gasteiger charge is 2.25. The van der Waals surface area contributed by atoms with Gasteiger partial charge in [-0.1, -0.05) is 19.4 Å². The molecule has 6 heteroatoms. The highest BCUT2D eigenvalue weighted by atomic mass is 16.6. The lowest BCUT2D eigenvalue weighted by Gasteiger charge is -2.24. The van der Waals surface area contributed by atoms with Gasteiger partial charge in [0.25, 0.3) is 5.69 Å². The van der Waals surface area contributed by atoms with E-state index in [1.54, 1.807) is 4.90 Å². The van der Waals surface area contributed by atoms with Crippen LogP contribution in [0.25, 0.3) is 0 Å². The molecule has 6 nitrogen and oxygen atoms in total. The van der Waals surface area contributed by atoms with Crippen LogP contribution in [0.3, 0.4) is 0 Å². The molecular weight excluding hydrogens is 248 g/mol. The van der Waals surface area contributed by atoms with Gasteiger partial charge < -0.3 is 10.0 Å². The van der Waals surface area contributed by atoms with Crippen molar-refractivity contribution in [3.8, 4) is 0 Å². The van der Waals surface area contributed by atoms with Gasteiger partial charge in [-0.25, -0.2) is 4.79 Å². The standard InChI is InChI=1S/C13H18N2O4/c1-3-5-9-14(4-2)12-10(13(16)17)7-6-8-11(12)15(18)19/h6-8H,3-5,9H2,1-2H3,(H,16,17). The number of hydrogen-bond donors (Lipinski definition) is 1. The molecule has 0 aliphatic heterocycles. The molecule has 0 atom stereocenters. The predicted molar refractivity (Wildman–Crippen MR) is 72.9 cm³/mol. The SMILES string of the molecule is CCCCN(CC)c1c(C(=O)O)cccc1[N+](=O)[O-]. The molecule has 0 bridgehead atoms. The molecule has 1 rings (SSSR count). The van der Waals surface area contributed by atoms with E-state index in [0.29, 0.717) is 13.1 Å². The second-order valence-electron chi connectivity index (χ2n) is 4.17. The molecule has 1 aromatic carbocycles. The van der Waals surface area contributed by atoms with Crippen molar-refractivity contribution in [3.63, 3.8) is 0 Å². The van der Waals surface area contributed by atoms with E-state index >= 15 is 0 Å². The Morgan fingerprint density at radius 2 is 2.11 bits per heavy atom. The van der Waals surface area contributed by atoms with Crippen molar-refractivity contribution in [3.05, 3.63) is 33.9 Å². The summed E-state index contributed by atoms with van der Waals surface area (Å²) in [6, 6.07) is 4.15. The summed E-state index contributed by atoms with van der Waals surface area (Å²) in [5.41, 5.74) is 0.0287. The molecule has 0 saturated heterocycles. The zero-order chi connectivity index (χ0) is 14.4. The van der Waals surface area contributed by atoms with E-state index in [0.717, 1.165) is 12.8 Å². The van der Waals surface area contributed by atoms with Gasteiger partial charge in [-0.3, -0.25) is 10.1 Å². The summed E-state index contributed by atoms with van der Waals surface area (Å²) in [4.78, 5) is 23.5. The fraction of sp³-hybridized carbons (Fsp3) is 0.462. The van der Waals surface area contributed by atoms with E-state index in [1.807, 2.05) is 13.8 Å². The summed E-state index contributed by atoms with van der Waals surface area (Å²) < 4.78 is 0. The predicted octanol–water partition coefficient (Wildman–Crippen LogP) is 2.92. The Hall–Kier alpha value is -2.11. The first kappa shape index (κ1) is 14.9. The largest absolute Gasteiger partial charge is 0.478 e. The van der Waals surface area contributed by atoms with Crippen LogP contribution >= 0.6 is 0 Å². The van der Waals surface area contributed by atoms with Gasteiger partial charge in [-0.2, -0.15) is 0 Å². The van der Waals surface area contributed by atoms with Crippen LogP contribution in [0.1, 0.15) is 37.0 Å². The van der Waals surface area contributed by atoms with E-state index in [-0.39, 0.29) is 16.9 Å². The third-order valence-corrected chi connectivity index (χ3v) is 2.92. The van der Waals surface area contributed by atoms with E-state index in [9.17, 15) is 20.0 Å². The molecule has 0 fully saturated rings. The highest BCUT2D eigenvalue weighted by Crippen LogP contribution is 2.32. The van der Waals surface area contributed by atoms with Gasteiger partial charge in [0.2, 0.25) is 0 Å². The molecule has 0 spiro atoms. The number of rotatable bonds is 7. The Morgan fingerprint density at radius 1 is 1.42 bits per heavy atom. The zero-order valence-electron chi connectivity index (χ0n) is 11.1. The van der Waals surface area contributed by atoms with E-state index in [4.69, 9.17) is 0 Å². The second kappa shape index (κ2) is 6.72. The molecule has 0 heterocycles. The molecule has 1 N–H and O–H groups in total. The lowest BCUT2D eigenvalue weighted by molar-refractivity contribution is -0.384. The summed E-state index contributed by atoms with van der Waals surface area (Å²) >= 11 is 0. The zero-order valence-corrected chi connectivity index (χ0v) is 11.1. The summed E-state index contributed by atoms with van der Waals surface area (Å²) in [6.07, 6.45) is 1.80. The minimum Gasteiger partial charge on any atom is -0.478 e. The number of nitro benzene ring substituents is 1. The molecule has 0 aromatic heterocycles. The van der Waals surface area contributed by atoms with Gasteiger partial charge >= 0.3 is 5.97 Å². The smallest absolute Gasteiger partial charge is 0.338 e. The number of unbranched alkanes of at least 4 members (excludes halogenated alkanes) is 1. The number of hydrogen-bond acceptors (Lipinski definition) is 4. The van der Waals surface area contributed by atoms with E-state index in [1.165, 1.54) is 18.2 Å². The number of nitro groups is 1. The monoisotopic (exact) mass is 266 g/mol. The third kappa shape index (κ3) is 3.43.